The molecule has 1 aliphatic rings. The van der Waals surface area contributed by atoms with Crippen LogP contribution in [0, 0.1) is 0 Å². The van der Waals surface area contributed by atoms with Crippen LogP contribution in [0.4, 0.5) is 5.82 Å². The summed E-state index contributed by atoms with van der Waals surface area (Å²) in [5, 5.41) is 7.32. The van der Waals surface area contributed by atoms with Crippen molar-refractivity contribution in [2.45, 2.75) is 58.7 Å². The number of amides is 1. The fraction of sp³-hybridized carbons (Fsp3) is 0.750. The maximum Gasteiger partial charge on any atom is 0.242 e. The summed E-state index contributed by atoms with van der Waals surface area (Å²) >= 11 is 0. The SMILES string of the molecule is CC[C@@H]1CN([C@@H](C)C(=O)Nc2ccnn2[C@H](C)CC)CCO1. The summed E-state index contributed by atoms with van der Waals surface area (Å²) in [5.74, 6) is 0.785. The lowest BCUT2D eigenvalue weighted by atomic mass is 10.1. The number of carbonyl (C=O) groups is 1. The fourth-order valence-electron chi connectivity index (χ4n) is 2.67. The largest absolute Gasteiger partial charge is 0.376 e. The van der Waals surface area contributed by atoms with Crippen molar-refractivity contribution in [3.8, 4) is 0 Å². The lowest BCUT2D eigenvalue weighted by Crippen LogP contribution is -2.50. The Morgan fingerprint density at radius 1 is 1.50 bits per heavy atom. The minimum atomic E-state index is -0.168. The summed E-state index contributed by atoms with van der Waals surface area (Å²) in [5.41, 5.74) is 0. The molecule has 1 N–H and O–H groups in total. The molecular formula is C16H28N4O2. The van der Waals surface area contributed by atoms with Crippen LogP contribution >= 0.6 is 0 Å². The number of nitrogens with one attached hydrogen (secondary N) is 1. The summed E-state index contributed by atoms with van der Waals surface area (Å²) in [7, 11) is 0. The summed E-state index contributed by atoms with van der Waals surface area (Å²) < 4.78 is 7.54. The van der Waals surface area contributed by atoms with Crippen LogP contribution in [-0.4, -0.2) is 52.4 Å². The van der Waals surface area contributed by atoms with Gasteiger partial charge in [0.2, 0.25) is 5.91 Å². The van der Waals surface area contributed by atoms with Gasteiger partial charge in [0.05, 0.1) is 31.0 Å². The zero-order chi connectivity index (χ0) is 16.1. The average Bonchev–Trinajstić information content (AvgIpc) is 3.01. The molecule has 1 amide bonds. The molecule has 0 saturated carbocycles. The third-order valence-corrected chi connectivity index (χ3v) is 4.48. The molecule has 22 heavy (non-hydrogen) atoms. The van der Waals surface area contributed by atoms with Gasteiger partial charge in [0, 0.05) is 19.2 Å². The van der Waals surface area contributed by atoms with Gasteiger partial charge in [-0.2, -0.15) is 5.10 Å². The zero-order valence-electron chi connectivity index (χ0n) is 14.1. The van der Waals surface area contributed by atoms with E-state index in [0.717, 1.165) is 31.7 Å². The predicted molar refractivity (Wildman–Crippen MR) is 86.9 cm³/mol. The lowest BCUT2D eigenvalue weighted by molar-refractivity contribution is -0.124. The van der Waals surface area contributed by atoms with Crippen molar-refractivity contribution >= 4 is 11.7 Å². The molecule has 1 aliphatic heterocycles. The van der Waals surface area contributed by atoms with Crippen molar-refractivity contribution < 1.29 is 9.53 Å². The van der Waals surface area contributed by atoms with E-state index in [0.29, 0.717) is 6.61 Å². The van der Waals surface area contributed by atoms with Gasteiger partial charge in [0.1, 0.15) is 5.82 Å². The molecule has 0 bridgehead atoms. The van der Waals surface area contributed by atoms with Gasteiger partial charge in [-0.1, -0.05) is 13.8 Å². The number of rotatable bonds is 6. The smallest absolute Gasteiger partial charge is 0.242 e. The Labute approximate surface area is 132 Å². The Kier molecular flexibility index (Phi) is 5.97. The van der Waals surface area contributed by atoms with Crippen LogP contribution in [0.3, 0.4) is 0 Å². The van der Waals surface area contributed by atoms with Gasteiger partial charge in [-0.05, 0) is 26.7 Å². The van der Waals surface area contributed by atoms with Crippen molar-refractivity contribution in [3.05, 3.63) is 12.3 Å². The van der Waals surface area contributed by atoms with E-state index in [1.54, 1.807) is 6.20 Å². The molecule has 0 aromatic carbocycles. The van der Waals surface area contributed by atoms with Crippen molar-refractivity contribution in [2.24, 2.45) is 0 Å². The van der Waals surface area contributed by atoms with Gasteiger partial charge in [-0.3, -0.25) is 9.69 Å². The molecule has 2 heterocycles. The third kappa shape index (κ3) is 3.87. The molecule has 124 valence electrons. The van der Waals surface area contributed by atoms with E-state index in [1.165, 1.54) is 0 Å². The van der Waals surface area contributed by atoms with E-state index in [9.17, 15) is 4.79 Å². The van der Waals surface area contributed by atoms with Gasteiger partial charge in [-0.25, -0.2) is 4.68 Å². The number of aromatic nitrogens is 2. The summed E-state index contributed by atoms with van der Waals surface area (Å²) in [6.07, 6.45) is 3.91. The minimum absolute atomic E-state index is 0.0156. The van der Waals surface area contributed by atoms with Gasteiger partial charge in [-0.15, -0.1) is 0 Å². The van der Waals surface area contributed by atoms with E-state index < -0.39 is 0 Å². The predicted octanol–water partition coefficient (Wildman–Crippen LogP) is 2.29. The fourth-order valence-corrected chi connectivity index (χ4v) is 2.67. The quantitative estimate of drug-likeness (QED) is 0.876. The molecule has 2 rings (SSSR count). The van der Waals surface area contributed by atoms with Crippen LogP contribution in [-0.2, 0) is 9.53 Å². The molecule has 0 spiro atoms. The molecule has 3 atom stereocenters. The number of hydrogen-bond acceptors (Lipinski definition) is 4. The Balaban J connectivity index is 1.98. The van der Waals surface area contributed by atoms with Crippen molar-refractivity contribution in [1.82, 2.24) is 14.7 Å². The van der Waals surface area contributed by atoms with E-state index in [1.807, 2.05) is 17.7 Å². The summed E-state index contributed by atoms with van der Waals surface area (Å²) in [6, 6.07) is 1.96. The van der Waals surface area contributed by atoms with Crippen molar-refractivity contribution in [2.75, 3.05) is 25.0 Å². The first-order valence-electron chi connectivity index (χ1n) is 8.26. The Bertz CT molecular complexity index is 488. The van der Waals surface area contributed by atoms with Gasteiger partial charge >= 0.3 is 0 Å². The molecular weight excluding hydrogens is 280 g/mol. The molecule has 0 radical (unpaired) electrons. The van der Waals surface area contributed by atoms with Crippen molar-refractivity contribution in [3.63, 3.8) is 0 Å². The molecule has 0 aliphatic carbocycles. The summed E-state index contributed by atoms with van der Waals surface area (Å²) in [4.78, 5) is 14.7. The summed E-state index contributed by atoms with van der Waals surface area (Å²) in [6.45, 7) is 10.6. The Morgan fingerprint density at radius 2 is 2.27 bits per heavy atom. The minimum Gasteiger partial charge on any atom is -0.376 e. The van der Waals surface area contributed by atoms with E-state index in [4.69, 9.17) is 4.74 Å². The molecule has 6 nitrogen and oxygen atoms in total. The number of hydrogen-bond donors (Lipinski definition) is 1. The van der Waals surface area contributed by atoms with Crippen molar-refractivity contribution in [1.29, 1.82) is 0 Å². The zero-order valence-corrected chi connectivity index (χ0v) is 14.1. The van der Waals surface area contributed by atoms with Gasteiger partial charge in [0.25, 0.3) is 0 Å². The topological polar surface area (TPSA) is 59.4 Å². The molecule has 1 aromatic rings. The molecule has 1 saturated heterocycles. The molecule has 0 unspecified atom stereocenters. The molecule has 1 aromatic heterocycles. The van der Waals surface area contributed by atoms with Crippen LogP contribution in [0.5, 0.6) is 0 Å². The first-order chi connectivity index (χ1) is 10.6. The van der Waals surface area contributed by atoms with Gasteiger partial charge < -0.3 is 10.1 Å². The average molecular weight is 308 g/mol. The van der Waals surface area contributed by atoms with Crippen LogP contribution in [0.25, 0.3) is 0 Å². The second kappa shape index (κ2) is 7.74. The number of ether oxygens (including phenoxy) is 1. The van der Waals surface area contributed by atoms with Crippen LogP contribution in [0.1, 0.15) is 46.6 Å². The second-order valence-electron chi connectivity index (χ2n) is 5.98. The highest BCUT2D eigenvalue weighted by Gasteiger charge is 2.27. The monoisotopic (exact) mass is 308 g/mol. The number of anilines is 1. The second-order valence-corrected chi connectivity index (χ2v) is 5.98. The first kappa shape index (κ1) is 17.0. The normalized spacial score (nSPS) is 22.3. The number of nitrogens with zero attached hydrogens (tertiary/aromatic N) is 3. The molecule has 1 fully saturated rings. The standard InChI is InChI=1S/C16H28N4O2/c1-5-12(3)20-15(7-8-17-20)18-16(21)13(4)19-9-10-22-14(6-2)11-19/h7-8,12-14H,5-6,9-11H2,1-4H3,(H,18,21)/t12-,13+,14-/m1/s1. The maximum absolute atomic E-state index is 12.5. The highest BCUT2D eigenvalue weighted by Crippen LogP contribution is 2.18. The van der Waals surface area contributed by atoms with Crippen LogP contribution < -0.4 is 5.32 Å². The van der Waals surface area contributed by atoms with Gasteiger partial charge in [0.15, 0.2) is 0 Å². The molecule has 6 heteroatoms. The number of carbonyl (C=O) groups excluding carboxylic acids is 1. The van der Waals surface area contributed by atoms with Crippen LogP contribution in [0.2, 0.25) is 0 Å². The number of morpholine rings is 1. The van der Waals surface area contributed by atoms with E-state index >= 15 is 0 Å². The maximum atomic E-state index is 12.5. The highest BCUT2D eigenvalue weighted by atomic mass is 16.5. The van der Waals surface area contributed by atoms with Crippen LogP contribution in [0.15, 0.2) is 12.3 Å². The third-order valence-electron chi connectivity index (χ3n) is 4.48. The van der Waals surface area contributed by atoms with E-state index in [-0.39, 0.29) is 24.1 Å². The highest BCUT2D eigenvalue weighted by molar-refractivity contribution is 5.93. The van der Waals surface area contributed by atoms with E-state index in [2.05, 4.69) is 36.1 Å². The lowest BCUT2D eigenvalue weighted by Gasteiger charge is -2.35. The first-order valence-corrected chi connectivity index (χ1v) is 8.26. The Morgan fingerprint density at radius 3 is 2.95 bits per heavy atom. The Hall–Kier alpha value is -1.40.